The van der Waals surface area contributed by atoms with Gasteiger partial charge in [0.2, 0.25) is 0 Å². The fourth-order valence-electron chi connectivity index (χ4n) is 1.26. The molecule has 0 heterocycles. The van der Waals surface area contributed by atoms with Gasteiger partial charge in [-0.1, -0.05) is 36.5 Å². The molecule has 0 aliphatic carbocycles. The Kier molecular flexibility index (Phi) is 4.35. The van der Waals surface area contributed by atoms with Gasteiger partial charge in [0, 0.05) is 0 Å². The van der Waals surface area contributed by atoms with Crippen molar-refractivity contribution < 1.29 is 0 Å². The standard InChI is InChI=1S/C12H18/c1-7-12(10(4)5)11(6)8-9(2)3/h7-8H,2,4H2,1,3,5-6H3/b11-8-,12-7-. The van der Waals surface area contributed by atoms with E-state index in [1.54, 1.807) is 0 Å². The molecule has 0 heteroatoms. The maximum absolute atomic E-state index is 3.92. The van der Waals surface area contributed by atoms with Gasteiger partial charge in [0.05, 0.1) is 0 Å². The quantitative estimate of drug-likeness (QED) is 0.549. The van der Waals surface area contributed by atoms with Crippen molar-refractivity contribution in [3.8, 4) is 0 Å². The molecule has 0 nitrogen and oxygen atoms in total. The molecular formula is C12H18. The minimum absolute atomic E-state index is 1.08. The van der Waals surface area contributed by atoms with E-state index in [4.69, 9.17) is 0 Å². The fourth-order valence-corrected chi connectivity index (χ4v) is 1.26. The molecule has 0 amide bonds. The molecule has 0 radical (unpaired) electrons. The Morgan fingerprint density at radius 2 is 1.58 bits per heavy atom. The molecule has 0 aromatic rings. The van der Waals surface area contributed by atoms with Crippen LogP contribution in [0.25, 0.3) is 0 Å². The highest BCUT2D eigenvalue weighted by Crippen LogP contribution is 2.17. The minimum atomic E-state index is 1.08. The molecule has 0 rings (SSSR count). The summed E-state index contributed by atoms with van der Waals surface area (Å²) in [6.07, 6.45) is 4.15. The third-order valence-corrected chi connectivity index (χ3v) is 1.64. The third-order valence-electron chi connectivity index (χ3n) is 1.64. The van der Waals surface area contributed by atoms with Gasteiger partial charge >= 0.3 is 0 Å². The van der Waals surface area contributed by atoms with Crippen LogP contribution in [0.2, 0.25) is 0 Å². The highest BCUT2D eigenvalue weighted by Gasteiger charge is 1.98. The Labute approximate surface area is 76.0 Å². The van der Waals surface area contributed by atoms with Crippen LogP contribution in [0, 0.1) is 0 Å². The first-order chi connectivity index (χ1) is 5.49. The highest BCUT2D eigenvalue weighted by molar-refractivity contribution is 5.45. The second-order valence-corrected chi connectivity index (χ2v) is 3.16. The predicted molar refractivity (Wildman–Crippen MR) is 57.1 cm³/mol. The summed E-state index contributed by atoms with van der Waals surface area (Å²) >= 11 is 0. The normalized spacial score (nSPS) is 13.0. The van der Waals surface area contributed by atoms with E-state index in [-0.39, 0.29) is 0 Å². The molecule has 0 atom stereocenters. The van der Waals surface area contributed by atoms with E-state index in [0.29, 0.717) is 0 Å². The topological polar surface area (TPSA) is 0 Å². The van der Waals surface area contributed by atoms with E-state index in [0.717, 1.165) is 11.1 Å². The third kappa shape index (κ3) is 3.38. The van der Waals surface area contributed by atoms with Gasteiger partial charge in [-0.2, -0.15) is 0 Å². The van der Waals surface area contributed by atoms with Crippen LogP contribution in [0.4, 0.5) is 0 Å². The zero-order valence-electron chi connectivity index (χ0n) is 8.57. The van der Waals surface area contributed by atoms with E-state index in [1.807, 2.05) is 20.8 Å². The lowest BCUT2D eigenvalue weighted by atomic mass is 10.00. The van der Waals surface area contributed by atoms with Crippen LogP contribution in [-0.2, 0) is 0 Å². The van der Waals surface area contributed by atoms with E-state index < -0.39 is 0 Å². The Morgan fingerprint density at radius 3 is 1.83 bits per heavy atom. The van der Waals surface area contributed by atoms with Gasteiger partial charge in [-0.3, -0.25) is 0 Å². The Bertz CT molecular complexity index is 249. The SMILES string of the molecule is C=C(C)/C=C(C)\C(=C/C)C(=C)C. The number of allylic oxidation sites excluding steroid dienone is 6. The molecule has 0 spiro atoms. The lowest BCUT2D eigenvalue weighted by molar-refractivity contribution is 1.30. The monoisotopic (exact) mass is 162 g/mol. The molecule has 0 unspecified atom stereocenters. The average molecular weight is 162 g/mol. The summed E-state index contributed by atoms with van der Waals surface area (Å²) in [4.78, 5) is 0. The molecule has 0 fully saturated rings. The van der Waals surface area contributed by atoms with Crippen molar-refractivity contribution in [1.82, 2.24) is 0 Å². The van der Waals surface area contributed by atoms with Crippen molar-refractivity contribution in [3.05, 3.63) is 47.6 Å². The van der Waals surface area contributed by atoms with Crippen molar-refractivity contribution >= 4 is 0 Å². The number of hydrogen-bond acceptors (Lipinski definition) is 0. The van der Waals surface area contributed by atoms with Gasteiger partial charge in [0.1, 0.15) is 0 Å². The van der Waals surface area contributed by atoms with E-state index in [1.165, 1.54) is 11.1 Å². The second kappa shape index (κ2) is 4.76. The van der Waals surface area contributed by atoms with E-state index >= 15 is 0 Å². The van der Waals surface area contributed by atoms with E-state index in [9.17, 15) is 0 Å². The fraction of sp³-hybridized carbons (Fsp3) is 0.333. The summed E-state index contributed by atoms with van der Waals surface area (Å²) in [6.45, 7) is 15.9. The Hall–Kier alpha value is -1.04. The zero-order valence-corrected chi connectivity index (χ0v) is 8.57. The summed E-state index contributed by atoms with van der Waals surface area (Å²) in [6, 6.07) is 0. The molecule has 0 aliphatic heterocycles. The molecule has 0 aromatic heterocycles. The van der Waals surface area contributed by atoms with Crippen LogP contribution in [-0.4, -0.2) is 0 Å². The molecule has 0 aliphatic rings. The maximum atomic E-state index is 3.92. The summed E-state index contributed by atoms with van der Waals surface area (Å²) in [5.41, 5.74) is 4.64. The van der Waals surface area contributed by atoms with Gasteiger partial charge in [-0.15, -0.1) is 0 Å². The molecule has 0 saturated carbocycles. The van der Waals surface area contributed by atoms with Gasteiger partial charge in [-0.05, 0) is 38.8 Å². The largest absolute Gasteiger partial charge is 0.0961 e. The van der Waals surface area contributed by atoms with Crippen molar-refractivity contribution in [2.75, 3.05) is 0 Å². The lowest BCUT2D eigenvalue weighted by Gasteiger charge is -2.06. The van der Waals surface area contributed by atoms with Crippen LogP contribution < -0.4 is 0 Å². The van der Waals surface area contributed by atoms with Gasteiger partial charge in [-0.25, -0.2) is 0 Å². The highest BCUT2D eigenvalue weighted by atomic mass is 14.0. The first kappa shape index (κ1) is 11.0. The molecule has 0 N–H and O–H groups in total. The van der Waals surface area contributed by atoms with Crippen molar-refractivity contribution in [2.24, 2.45) is 0 Å². The van der Waals surface area contributed by atoms with Crippen molar-refractivity contribution in [3.63, 3.8) is 0 Å². The van der Waals surface area contributed by atoms with E-state index in [2.05, 4.69) is 32.2 Å². The number of hydrogen-bond donors (Lipinski definition) is 0. The van der Waals surface area contributed by atoms with Crippen LogP contribution in [0.5, 0.6) is 0 Å². The molecular weight excluding hydrogens is 144 g/mol. The molecule has 66 valence electrons. The van der Waals surface area contributed by atoms with Crippen molar-refractivity contribution in [1.29, 1.82) is 0 Å². The first-order valence-electron chi connectivity index (χ1n) is 4.15. The summed E-state index contributed by atoms with van der Waals surface area (Å²) in [5, 5.41) is 0. The molecule has 0 aromatic carbocycles. The summed E-state index contributed by atoms with van der Waals surface area (Å²) in [7, 11) is 0. The van der Waals surface area contributed by atoms with Crippen LogP contribution in [0.3, 0.4) is 0 Å². The molecule has 0 saturated heterocycles. The Balaban J connectivity index is 4.78. The second-order valence-electron chi connectivity index (χ2n) is 3.16. The maximum Gasteiger partial charge on any atom is -0.0247 e. The summed E-state index contributed by atoms with van der Waals surface area (Å²) in [5.74, 6) is 0. The molecule has 0 bridgehead atoms. The minimum Gasteiger partial charge on any atom is -0.0961 e. The molecule has 12 heavy (non-hydrogen) atoms. The van der Waals surface area contributed by atoms with Crippen LogP contribution in [0.1, 0.15) is 27.7 Å². The smallest absolute Gasteiger partial charge is 0.0247 e. The average Bonchev–Trinajstić information content (AvgIpc) is 1.85. The van der Waals surface area contributed by atoms with Crippen LogP contribution >= 0.6 is 0 Å². The van der Waals surface area contributed by atoms with Gasteiger partial charge < -0.3 is 0 Å². The zero-order chi connectivity index (χ0) is 9.72. The summed E-state index contributed by atoms with van der Waals surface area (Å²) < 4.78 is 0. The van der Waals surface area contributed by atoms with Gasteiger partial charge in [0.25, 0.3) is 0 Å². The van der Waals surface area contributed by atoms with Crippen LogP contribution in [0.15, 0.2) is 47.6 Å². The number of rotatable bonds is 3. The Morgan fingerprint density at radius 1 is 1.08 bits per heavy atom. The van der Waals surface area contributed by atoms with Crippen molar-refractivity contribution in [2.45, 2.75) is 27.7 Å². The predicted octanol–water partition coefficient (Wildman–Crippen LogP) is 4.03. The van der Waals surface area contributed by atoms with Gasteiger partial charge in [0.15, 0.2) is 0 Å². The lowest BCUT2D eigenvalue weighted by Crippen LogP contribution is -1.86. The first-order valence-corrected chi connectivity index (χ1v) is 4.15.